The molecule has 0 aliphatic heterocycles. The van der Waals surface area contributed by atoms with Gasteiger partial charge in [0.15, 0.2) is 0 Å². The average molecular weight is 399 g/mol. The van der Waals surface area contributed by atoms with Crippen LogP contribution in [0.15, 0.2) is 78.6 Å². The summed E-state index contributed by atoms with van der Waals surface area (Å²) in [5, 5.41) is 6.17. The van der Waals surface area contributed by atoms with Gasteiger partial charge in [0.05, 0.1) is 0 Å². The van der Waals surface area contributed by atoms with E-state index < -0.39 is 0 Å². The number of hydrogen-bond donors (Lipinski definition) is 1. The molecule has 0 bridgehead atoms. The van der Waals surface area contributed by atoms with Gasteiger partial charge in [-0.1, -0.05) is 68.5 Å². The van der Waals surface area contributed by atoms with Crippen molar-refractivity contribution < 1.29 is 0 Å². The van der Waals surface area contributed by atoms with Gasteiger partial charge in [0.25, 0.3) is 0 Å². The van der Waals surface area contributed by atoms with Crippen LogP contribution in [0, 0.1) is 0 Å². The van der Waals surface area contributed by atoms with E-state index in [2.05, 4.69) is 118 Å². The molecule has 1 N–H and O–H groups in total. The Labute approximate surface area is 181 Å². The molecule has 0 aliphatic rings. The van der Waals surface area contributed by atoms with Gasteiger partial charge in [0.1, 0.15) is 5.82 Å². The van der Waals surface area contributed by atoms with E-state index in [1.54, 1.807) is 0 Å². The zero-order valence-corrected chi connectivity index (χ0v) is 19.0. The summed E-state index contributed by atoms with van der Waals surface area (Å²) in [4.78, 5) is 2.32. The number of benzene rings is 3. The number of anilines is 1. The van der Waals surface area contributed by atoms with Gasteiger partial charge in [-0.3, -0.25) is 0 Å². The Morgan fingerprint density at radius 1 is 0.967 bits per heavy atom. The highest BCUT2D eigenvalue weighted by atomic mass is 15.2. The number of rotatable bonds is 8. The van der Waals surface area contributed by atoms with Crippen LogP contribution in [0.25, 0.3) is 16.3 Å². The first-order chi connectivity index (χ1) is 14.6. The van der Waals surface area contributed by atoms with E-state index in [4.69, 9.17) is 0 Å². The molecule has 0 atom stereocenters. The lowest BCUT2D eigenvalue weighted by Crippen LogP contribution is -2.23. The molecule has 0 saturated carbocycles. The lowest BCUT2D eigenvalue weighted by atomic mass is 9.94. The van der Waals surface area contributed by atoms with E-state index in [-0.39, 0.29) is 0 Å². The van der Waals surface area contributed by atoms with Crippen molar-refractivity contribution in [2.75, 3.05) is 12.4 Å². The lowest BCUT2D eigenvalue weighted by Gasteiger charge is -2.26. The van der Waals surface area contributed by atoms with Crippen molar-refractivity contribution in [3.8, 4) is 0 Å². The summed E-state index contributed by atoms with van der Waals surface area (Å²) < 4.78 is 0. The smallest absolute Gasteiger partial charge is 0.102 e. The highest BCUT2D eigenvalue weighted by Gasteiger charge is 2.12. The third kappa shape index (κ3) is 4.94. The molecule has 0 radical (unpaired) electrons. The van der Waals surface area contributed by atoms with Crippen LogP contribution in [-0.4, -0.2) is 11.9 Å². The molecule has 3 aromatic rings. The minimum absolute atomic E-state index is 0.875. The third-order valence-corrected chi connectivity index (χ3v) is 5.72. The molecule has 156 valence electrons. The standard InChI is InChI=1S/C28H34N2/c1-6-12-28(29-25-18-17-22-13-9-10-14-23(22)19-25)30(5)20-24-15-11-16-27(21(4)7-2)26(24)8-3/h7,9-19,29H,6,8,20H2,1-5H3/b21-7-,28-12?. The Kier molecular flexibility index (Phi) is 7.35. The highest BCUT2D eigenvalue weighted by molar-refractivity contribution is 5.85. The van der Waals surface area contributed by atoms with Gasteiger partial charge in [-0.2, -0.15) is 0 Å². The van der Waals surface area contributed by atoms with Gasteiger partial charge < -0.3 is 10.2 Å². The second-order valence-electron chi connectivity index (χ2n) is 7.81. The summed E-state index contributed by atoms with van der Waals surface area (Å²) in [5.74, 6) is 1.14. The topological polar surface area (TPSA) is 15.3 Å². The predicted octanol–water partition coefficient (Wildman–Crippen LogP) is 7.62. The quantitative estimate of drug-likeness (QED) is 0.420. The fraction of sp³-hybridized carbons (Fsp3) is 0.286. The maximum absolute atomic E-state index is 3.65. The zero-order valence-electron chi connectivity index (χ0n) is 19.0. The van der Waals surface area contributed by atoms with Crippen molar-refractivity contribution in [3.05, 3.63) is 95.3 Å². The molecule has 0 aromatic heterocycles. The van der Waals surface area contributed by atoms with Crippen molar-refractivity contribution in [1.29, 1.82) is 0 Å². The molecule has 0 unspecified atom stereocenters. The van der Waals surface area contributed by atoms with Gasteiger partial charge in [-0.15, -0.1) is 0 Å². The zero-order chi connectivity index (χ0) is 21.5. The van der Waals surface area contributed by atoms with E-state index in [0.717, 1.165) is 30.9 Å². The van der Waals surface area contributed by atoms with Crippen LogP contribution < -0.4 is 5.32 Å². The monoisotopic (exact) mass is 398 g/mol. The molecular formula is C28H34N2. The van der Waals surface area contributed by atoms with E-state index in [1.165, 1.54) is 33.0 Å². The number of hydrogen-bond acceptors (Lipinski definition) is 2. The number of allylic oxidation sites excluding steroid dienone is 3. The van der Waals surface area contributed by atoms with Gasteiger partial charge >= 0.3 is 0 Å². The maximum Gasteiger partial charge on any atom is 0.102 e. The van der Waals surface area contributed by atoms with E-state index in [9.17, 15) is 0 Å². The number of fused-ring (bicyclic) bond motifs is 1. The van der Waals surface area contributed by atoms with Crippen LogP contribution in [-0.2, 0) is 13.0 Å². The SMILES string of the molecule is C/C=C(/C)c1cccc(CN(C)C(=CCC)Nc2ccc3ccccc3c2)c1CC. The molecule has 0 aliphatic carbocycles. The Balaban J connectivity index is 1.85. The first kappa shape index (κ1) is 21.7. The van der Waals surface area contributed by atoms with Gasteiger partial charge in [0, 0.05) is 19.3 Å². The second-order valence-corrected chi connectivity index (χ2v) is 7.81. The largest absolute Gasteiger partial charge is 0.357 e. The summed E-state index contributed by atoms with van der Waals surface area (Å²) in [5.41, 5.74) is 6.67. The van der Waals surface area contributed by atoms with Crippen LogP contribution >= 0.6 is 0 Å². The van der Waals surface area contributed by atoms with Crippen LogP contribution in [0.4, 0.5) is 5.69 Å². The van der Waals surface area contributed by atoms with E-state index in [0.29, 0.717) is 0 Å². The first-order valence-electron chi connectivity index (χ1n) is 11.0. The van der Waals surface area contributed by atoms with Crippen molar-refractivity contribution >= 4 is 22.0 Å². The first-order valence-corrected chi connectivity index (χ1v) is 11.0. The highest BCUT2D eigenvalue weighted by Crippen LogP contribution is 2.26. The molecule has 0 spiro atoms. The van der Waals surface area contributed by atoms with E-state index in [1.807, 2.05) is 0 Å². The van der Waals surface area contributed by atoms with Crippen LogP contribution in [0.1, 0.15) is 50.8 Å². The maximum atomic E-state index is 3.65. The summed E-state index contributed by atoms with van der Waals surface area (Å²) in [6.07, 6.45) is 6.49. The molecule has 0 fully saturated rings. The lowest BCUT2D eigenvalue weighted by molar-refractivity contribution is 0.412. The Morgan fingerprint density at radius 3 is 2.43 bits per heavy atom. The Bertz CT molecular complexity index is 1060. The predicted molar refractivity (Wildman–Crippen MR) is 133 cm³/mol. The molecule has 0 heterocycles. The van der Waals surface area contributed by atoms with Crippen LogP contribution in [0.2, 0.25) is 0 Å². The van der Waals surface area contributed by atoms with Crippen LogP contribution in [0.5, 0.6) is 0 Å². The Morgan fingerprint density at radius 2 is 1.73 bits per heavy atom. The number of nitrogens with zero attached hydrogens (tertiary/aromatic N) is 1. The van der Waals surface area contributed by atoms with Gasteiger partial charge in [-0.25, -0.2) is 0 Å². The fourth-order valence-corrected chi connectivity index (χ4v) is 3.98. The van der Waals surface area contributed by atoms with Gasteiger partial charge in [-0.05, 0) is 77.9 Å². The summed E-state index contributed by atoms with van der Waals surface area (Å²) >= 11 is 0. The molecular weight excluding hydrogens is 364 g/mol. The average Bonchev–Trinajstić information content (AvgIpc) is 2.78. The van der Waals surface area contributed by atoms with Crippen molar-refractivity contribution in [2.24, 2.45) is 0 Å². The fourth-order valence-electron chi connectivity index (χ4n) is 3.98. The normalized spacial score (nSPS) is 12.3. The van der Waals surface area contributed by atoms with Gasteiger partial charge in [0.2, 0.25) is 0 Å². The van der Waals surface area contributed by atoms with Crippen molar-refractivity contribution in [1.82, 2.24) is 4.90 Å². The summed E-state index contributed by atoms with van der Waals surface area (Å²) in [6, 6.07) is 21.7. The molecule has 3 aromatic carbocycles. The minimum atomic E-state index is 0.875. The second kappa shape index (κ2) is 10.2. The molecule has 2 nitrogen and oxygen atoms in total. The third-order valence-electron chi connectivity index (χ3n) is 5.72. The molecule has 2 heteroatoms. The van der Waals surface area contributed by atoms with Crippen LogP contribution in [0.3, 0.4) is 0 Å². The summed E-state index contributed by atoms with van der Waals surface area (Å²) in [7, 11) is 2.17. The molecule has 30 heavy (non-hydrogen) atoms. The molecule has 3 rings (SSSR count). The van der Waals surface area contributed by atoms with E-state index >= 15 is 0 Å². The Hall–Kier alpha value is -3.00. The molecule has 0 amide bonds. The summed E-state index contributed by atoms with van der Waals surface area (Å²) in [6.45, 7) is 9.63. The van der Waals surface area contributed by atoms with Crippen molar-refractivity contribution in [2.45, 2.75) is 47.1 Å². The van der Waals surface area contributed by atoms with Crippen molar-refractivity contribution in [3.63, 3.8) is 0 Å². The molecule has 0 saturated heterocycles. The number of nitrogens with one attached hydrogen (secondary N) is 1. The minimum Gasteiger partial charge on any atom is -0.357 e.